The lowest BCUT2D eigenvalue weighted by Gasteiger charge is -2.24. The van der Waals surface area contributed by atoms with Gasteiger partial charge in [0.1, 0.15) is 18.1 Å². The molecule has 0 radical (unpaired) electrons. The fraction of sp³-hybridized carbons (Fsp3) is 0.565. The van der Waals surface area contributed by atoms with Crippen molar-refractivity contribution in [2.45, 2.75) is 56.3 Å². The van der Waals surface area contributed by atoms with Crippen LogP contribution in [0.4, 0.5) is 0 Å². The van der Waals surface area contributed by atoms with E-state index in [1.54, 1.807) is 24.3 Å². The van der Waals surface area contributed by atoms with Crippen molar-refractivity contribution in [3.05, 3.63) is 35.9 Å². The number of hydrogen-bond acceptors (Lipinski definition) is 8. The van der Waals surface area contributed by atoms with Gasteiger partial charge in [0.05, 0.1) is 12.6 Å². The molecule has 1 rings (SSSR count). The molecular weight excluding hydrogens is 474 g/mol. The number of hydrogen-bond donors (Lipinski definition) is 7. The van der Waals surface area contributed by atoms with E-state index in [0.29, 0.717) is 25.1 Å². The first-order valence-corrected chi connectivity index (χ1v) is 12.9. The number of carboxylic acid groups (broad SMARTS) is 1. The fourth-order valence-corrected chi connectivity index (χ4v) is 3.68. The highest BCUT2D eigenvalue weighted by molar-refractivity contribution is 7.98. The van der Waals surface area contributed by atoms with E-state index < -0.39 is 54.5 Å². The second-order valence-corrected chi connectivity index (χ2v) is 9.05. The lowest BCUT2D eigenvalue weighted by molar-refractivity contribution is -0.142. The van der Waals surface area contributed by atoms with Crippen molar-refractivity contribution in [1.82, 2.24) is 16.0 Å². The lowest BCUT2D eigenvalue weighted by atomic mass is 10.0. The Labute approximate surface area is 209 Å². The van der Waals surface area contributed by atoms with E-state index in [1.807, 2.05) is 12.3 Å². The Hall–Kier alpha value is -2.67. The number of carbonyl (C=O) groups is 4. The molecule has 1 aromatic rings. The maximum atomic E-state index is 13.0. The van der Waals surface area contributed by atoms with Crippen molar-refractivity contribution in [3.8, 4) is 0 Å². The van der Waals surface area contributed by atoms with Crippen LogP contribution in [-0.4, -0.2) is 83.2 Å². The van der Waals surface area contributed by atoms with E-state index in [9.17, 15) is 29.4 Å². The van der Waals surface area contributed by atoms with Gasteiger partial charge in [-0.2, -0.15) is 11.8 Å². The predicted octanol–water partition coefficient (Wildman–Crippen LogP) is -1.03. The third-order valence-electron chi connectivity index (χ3n) is 5.26. The molecule has 9 N–H and O–H groups in total. The van der Waals surface area contributed by atoms with Crippen LogP contribution in [0.2, 0.25) is 0 Å². The van der Waals surface area contributed by atoms with Gasteiger partial charge in [0.15, 0.2) is 0 Å². The van der Waals surface area contributed by atoms with Crippen molar-refractivity contribution in [1.29, 1.82) is 0 Å². The summed E-state index contributed by atoms with van der Waals surface area (Å²) in [7, 11) is 0. The maximum Gasteiger partial charge on any atom is 0.326 e. The van der Waals surface area contributed by atoms with Gasteiger partial charge in [0.2, 0.25) is 17.7 Å². The molecule has 3 amide bonds. The van der Waals surface area contributed by atoms with E-state index in [-0.39, 0.29) is 12.8 Å². The topological polar surface area (TPSA) is 197 Å². The van der Waals surface area contributed by atoms with E-state index >= 15 is 0 Å². The number of thioether (sulfide) groups is 1. The predicted molar refractivity (Wildman–Crippen MR) is 135 cm³/mol. The molecule has 11 nitrogen and oxygen atoms in total. The van der Waals surface area contributed by atoms with Crippen LogP contribution in [0, 0.1) is 0 Å². The number of amides is 3. The number of carbonyl (C=O) groups excluding carboxylic acids is 3. The summed E-state index contributed by atoms with van der Waals surface area (Å²) in [5.41, 5.74) is 12.2. The second kappa shape index (κ2) is 16.9. The standard InChI is InChI=1S/C23H37N5O6S/c1-35-12-10-17(23(33)34)26-22(32)19(14-29)28-21(31)18(13-15-7-3-2-4-8-15)27-20(30)16(25)9-5-6-11-24/h2-4,7-8,16-19,29H,5-6,9-14,24-25H2,1H3,(H,26,32)(H,27,30)(H,28,31)(H,33,34). The highest BCUT2D eigenvalue weighted by Gasteiger charge is 2.30. The summed E-state index contributed by atoms with van der Waals surface area (Å²) in [6.07, 6.45) is 3.90. The van der Waals surface area contributed by atoms with Gasteiger partial charge in [0, 0.05) is 6.42 Å². The maximum absolute atomic E-state index is 13.0. The van der Waals surface area contributed by atoms with Crippen LogP contribution in [0.3, 0.4) is 0 Å². The van der Waals surface area contributed by atoms with Crippen molar-refractivity contribution in [2.24, 2.45) is 11.5 Å². The van der Waals surface area contributed by atoms with Gasteiger partial charge in [-0.25, -0.2) is 4.79 Å². The van der Waals surface area contributed by atoms with E-state index in [4.69, 9.17) is 11.5 Å². The second-order valence-electron chi connectivity index (χ2n) is 8.07. The number of nitrogens with two attached hydrogens (primary N) is 2. The number of benzene rings is 1. The summed E-state index contributed by atoms with van der Waals surface area (Å²) in [5, 5.41) is 26.4. The molecule has 0 fully saturated rings. The van der Waals surface area contributed by atoms with E-state index in [2.05, 4.69) is 16.0 Å². The Morgan fingerprint density at radius 3 is 2.09 bits per heavy atom. The zero-order chi connectivity index (χ0) is 26.2. The van der Waals surface area contributed by atoms with Crippen molar-refractivity contribution in [3.63, 3.8) is 0 Å². The fourth-order valence-electron chi connectivity index (χ4n) is 3.21. The minimum absolute atomic E-state index is 0.124. The van der Waals surface area contributed by atoms with Crippen LogP contribution in [0.25, 0.3) is 0 Å². The average molecular weight is 512 g/mol. The molecule has 4 unspecified atom stereocenters. The Morgan fingerprint density at radius 1 is 0.914 bits per heavy atom. The Bertz CT molecular complexity index is 813. The van der Waals surface area contributed by atoms with Gasteiger partial charge in [0.25, 0.3) is 0 Å². The van der Waals surface area contributed by atoms with Crippen LogP contribution < -0.4 is 27.4 Å². The molecule has 35 heavy (non-hydrogen) atoms. The number of nitrogens with one attached hydrogen (secondary N) is 3. The molecule has 0 spiro atoms. The summed E-state index contributed by atoms with van der Waals surface area (Å²) >= 11 is 1.43. The SMILES string of the molecule is CSCCC(NC(=O)C(CO)NC(=O)C(Cc1ccccc1)NC(=O)C(N)CCCCN)C(=O)O. The van der Waals surface area contributed by atoms with Gasteiger partial charge in [-0.15, -0.1) is 0 Å². The Kier molecular flexibility index (Phi) is 14.6. The molecule has 0 heterocycles. The molecule has 0 saturated carbocycles. The Balaban J connectivity index is 2.92. The summed E-state index contributed by atoms with van der Waals surface area (Å²) in [6.45, 7) is -0.269. The lowest BCUT2D eigenvalue weighted by Crippen LogP contribution is -2.58. The number of aliphatic hydroxyl groups is 1. The van der Waals surface area contributed by atoms with Crippen LogP contribution in [0.5, 0.6) is 0 Å². The number of aliphatic hydroxyl groups excluding tert-OH is 1. The zero-order valence-corrected chi connectivity index (χ0v) is 20.8. The molecule has 4 atom stereocenters. The van der Waals surface area contributed by atoms with Crippen molar-refractivity contribution >= 4 is 35.5 Å². The van der Waals surface area contributed by atoms with Crippen LogP contribution >= 0.6 is 11.8 Å². The van der Waals surface area contributed by atoms with Crippen molar-refractivity contribution < 1.29 is 29.4 Å². The summed E-state index contributed by atoms with van der Waals surface area (Å²) < 4.78 is 0. The monoisotopic (exact) mass is 511 g/mol. The van der Waals surface area contributed by atoms with Gasteiger partial charge in [-0.05, 0) is 43.4 Å². The number of rotatable bonds is 17. The highest BCUT2D eigenvalue weighted by Crippen LogP contribution is 2.06. The molecule has 0 aromatic heterocycles. The number of unbranched alkanes of at least 4 members (excludes halogenated alkanes) is 1. The number of carboxylic acids is 1. The first kappa shape index (κ1) is 30.4. The van der Waals surface area contributed by atoms with E-state index in [1.165, 1.54) is 11.8 Å². The minimum atomic E-state index is -1.40. The molecule has 0 saturated heterocycles. The summed E-state index contributed by atoms with van der Waals surface area (Å²) in [5.74, 6) is -2.78. The van der Waals surface area contributed by atoms with Crippen molar-refractivity contribution in [2.75, 3.05) is 25.2 Å². The van der Waals surface area contributed by atoms with Gasteiger partial charge >= 0.3 is 5.97 Å². The smallest absolute Gasteiger partial charge is 0.326 e. The molecule has 0 bridgehead atoms. The first-order chi connectivity index (χ1) is 16.7. The quantitative estimate of drug-likeness (QED) is 0.128. The molecule has 0 aliphatic rings. The first-order valence-electron chi connectivity index (χ1n) is 11.5. The third-order valence-corrected chi connectivity index (χ3v) is 5.91. The molecule has 0 aliphatic heterocycles. The van der Waals surface area contributed by atoms with E-state index in [0.717, 1.165) is 12.0 Å². The third kappa shape index (κ3) is 11.5. The molecule has 12 heteroatoms. The van der Waals surface area contributed by atoms with Crippen LogP contribution in [-0.2, 0) is 25.6 Å². The van der Waals surface area contributed by atoms with Gasteiger partial charge < -0.3 is 37.6 Å². The molecule has 0 aliphatic carbocycles. The van der Waals surface area contributed by atoms with Gasteiger partial charge in [-0.3, -0.25) is 14.4 Å². The van der Waals surface area contributed by atoms with Crippen LogP contribution in [0.1, 0.15) is 31.2 Å². The molecule has 196 valence electrons. The molecular formula is C23H37N5O6S. The summed E-state index contributed by atoms with van der Waals surface area (Å²) in [6, 6.07) is 4.49. The minimum Gasteiger partial charge on any atom is -0.480 e. The highest BCUT2D eigenvalue weighted by atomic mass is 32.2. The zero-order valence-electron chi connectivity index (χ0n) is 19.9. The largest absolute Gasteiger partial charge is 0.480 e. The average Bonchev–Trinajstić information content (AvgIpc) is 2.84. The molecule has 1 aromatic carbocycles. The Morgan fingerprint density at radius 2 is 1.51 bits per heavy atom. The van der Waals surface area contributed by atoms with Crippen LogP contribution in [0.15, 0.2) is 30.3 Å². The van der Waals surface area contributed by atoms with Gasteiger partial charge in [-0.1, -0.05) is 36.8 Å². The summed E-state index contributed by atoms with van der Waals surface area (Å²) in [4.78, 5) is 49.6. The number of aliphatic carboxylic acids is 1. The normalized spacial score (nSPS) is 14.3.